The van der Waals surface area contributed by atoms with E-state index in [4.69, 9.17) is 0 Å². The van der Waals surface area contributed by atoms with E-state index in [2.05, 4.69) is 15.7 Å². The predicted octanol–water partition coefficient (Wildman–Crippen LogP) is 3.90. The number of carbonyl (C=O) groups is 3. The normalized spacial score (nSPS) is 17.7. The Labute approximate surface area is 192 Å². The van der Waals surface area contributed by atoms with Gasteiger partial charge in [-0.05, 0) is 37.8 Å². The van der Waals surface area contributed by atoms with Crippen LogP contribution in [0.2, 0.25) is 0 Å². The first-order valence-corrected chi connectivity index (χ1v) is 11.2. The zero-order chi connectivity index (χ0) is 23.9. The standard InChI is InChI=1S/C23H30N6O4/c1-13(2)7-21(30)29-14(3)11-27(23(32)33)19-8-17(15-10-25-28(12-15)16-5-6-16)18(9-20(19)29)26-22(31)24-4/h8-10,12-14,16H,5-7,11H2,1-4H3,(H,32,33)(H2,24,26,31)/t14-/m0/s1. The van der Waals surface area contributed by atoms with E-state index in [1.165, 1.54) is 11.9 Å². The van der Waals surface area contributed by atoms with Crippen molar-refractivity contribution in [1.82, 2.24) is 15.1 Å². The maximum atomic E-state index is 13.1. The molecule has 1 fully saturated rings. The Morgan fingerprint density at radius 1 is 1.21 bits per heavy atom. The molecule has 1 aromatic carbocycles. The lowest BCUT2D eigenvalue weighted by atomic mass is 9.99. The van der Waals surface area contributed by atoms with E-state index >= 15 is 0 Å². The molecule has 33 heavy (non-hydrogen) atoms. The van der Waals surface area contributed by atoms with E-state index in [-0.39, 0.29) is 24.4 Å². The van der Waals surface area contributed by atoms with E-state index in [1.807, 2.05) is 31.6 Å². The van der Waals surface area contributed by atoms with Gasteiger partial charge in [0.1, 0.15) is 0 Å². The topological polar surface area (TPSA) is 120 Å². The van der Waals surface area contributed by atoms with E-state index < -0.39 is 12.1 Å². The number of carboxylic acid groups (broad SMARTS) is 1. The largest absolute Gasteiger partial charge is 0.465 e. The van der Waals surface area contributed by atoms with Crippen molar-refractivity contribution in [2.24, 2.45) is 5.92 Å². The highest BCUT2D eigenvalue weighted by molar-refractivity contribution is 6.06. The van der Waals surface area contributed by atoms with Crippen molar-refractivity contribution in [1.29, 1.82) is 0 Å². The molecular formula is C23H30N6O4. The first-order valence-electron chi connectivity index (χ1n) is 11.2. The molecule has 1 aromatic heterocycles. The van der Waals surface area contributed by atoms with Crippen LogP contribution in [0.3, 0.4) is 0 Å². The molecule has 1 atom stereocenters. The Bertz CT molecular complexity index is 1090. The van der Waals surface area contributed by atoms with Crippen molar-refractivity contribution < 1.29 is 19.5 Å². The summed E-state index contributed by atoms with van der Waals surface area (Å²) in [6.07, 6.45) is 5.02. The van der Waals surface area contributed by atoms with Gasteiger partial charge in [-0.1, -0.05) is 13.8 Å². The van der Waals surface area contributed by atoms with E-state index in [9.17, 15) is 19.5 Å². The monoisotopic (exact) mass is 454 g/mol. The highest BCUT2D eigenvalue weighted by Gasteiger charge is 2.36. The van der Waals surface area contributed by atoms with Crippen LogP contribution in [-0.2, 0) is 4.79 Å². The summed E-state index contributed by atoms with van der Waals surface area (Å²) in [4.78, 5) is 40.4. The molecule has 1 aliphatic carbocycles. The Morgan fingerprint density at radius 3 is 2.55 bits per heavy atom. The summed E-state index contributed by atoms with van der Waals surface area (Å²) < 4.78 is 1.90. The number of urea groups is 1. The third kappa shape index (κ3) is 4.50. The van der Waals surface area contributed by atoms with Crippen molar-refractivity contribution >= 4 is 35.1 Å². The van der Waals surface area contributed by atoms with Crippen molar-refractivity contribution in [3.8, 4) is 11.1 Å². The van der Waals surface area contributed by atoms with Crippen LogP contribution >= 0.6 is 0 Å². The fraction of sp³-hybridized carbons (Fsp3) is 0.478. The molecule has 2 aliphatic rings. The highest BCUT2D eigenvalue weighted by Crippen LogP contribution is 2.44. The van der Waals surface area contributed by atoms with Crippen LogP contribution in [0, 0.1) is 5.92 Å². The number of nitrogens with one attached hydrogen (secondary N) is 2. The highest BCUT2D eigenvalue weighted by atomic mass is 16.4. The van der Waals surface area contributed by atoms with Crippen LogP contribution in [0.4, 0.5) is 26.7 Å². The first-order chi connectivity index (χ1) is 15.7. The van der Waals surface area contributed by atoms with Crippen LogP contribution in [0.25, 0.3) is 11.1 Å². The van der Waals surface area contributed by atoms with Gasteiger partial charge < -0.3 is 20.6 Å². The van der Waals surface area contributed by atoms with E-state index in [0.29, 0.717) is 35.1 Å². The van der Waals surface area contributed by atoms with Gasteiger partial charge in [-0.25, -0.2) is 9.59 Å². The van der Waals surface area contributed by atoms with Crippen LogP contribution in [0.5, 0.6) is 0 Å². The van der Waals surface area contributed by atoms with Gasteiger partial charge >= 0.3 is 12.1 Å². The number of rotatable bonds is 5. The summed E-state index contributed by atoms with van der Waals surface area (Å²) in [5.74, 6) is 0.0747. The second-order valence-electron chi connectivity index (χ2n) is 9.13. The first kappa shape index (κ1) is 22.6. The molecule has 0 saturated heterocycles. The zero-order valence-electron chi connectivity index (χ0n) is 19.3. The molecule has 1 saturated carbocycles. The number of anilines is 3. The fourth-order valence-corrected chi connectivity index (χ4v) is 4.22. The second-order valence-corrected chi connectivity index (χ2v) is 9.13. The van der Waals surface area contributed by atoms with Crippen LogP contribution < -0.4 is 20.4 Å². The molecule has 0 spiro atoms. The number of benzene rings is 1. The van der Waals surface area contributed by atoms with Gasteiger partial charge in [-0.3, -0.25) is 14.4 Å². The smallest absolute Gasteiger partial charge is 0.411 e. The summed E-state index contributed by atoms with van der Waals surface area (Å²) in [5, 5.41) is 19.7. The minimum Gasteiger partial charge on any atom is -0.465 e. The lowest BCUT2D eigenvalue weighted by Crippen LogP contribution is -2.52. The molecule has 0 radical (unpaired) electrons. The van der Waals surface area contributed by atoms with Crippen molar-refractivity contribution in [2.75, 3.05) is 28.7 Å². The molecule has 0 unspecified atom stereocenters. The molecule has 2 heterocycles. The summed E-state index contributed by atoms with van der Waals surface area (Å²) >= 11 is 0. The minimum absolute atomic E-state index is 0.0796. The van der Waals surface area contributed by atoms with Crippen LogP contribution in [-0.4, -0.2) is 52.6 Å². The third-order valence-corrected chi connectivity index (χ3v) is 5.94. The number of aromatic nitrogens is 2. The fourth-order valence-electron chi connectivity index (χ4n) is 4.22. The van der Waals surface area contributed by atoms with Gasteiger partial charge in [0, 0.05) is 37.3 Å². The molecule has 3 N–H and O–H groups in total. The molecule has 0 bridgehead atoms. The van der Waals surface area contributed by atoms with Crippen molar-refractivity contribution in [3.05, 3.63) is 24.5 Å². The number of hydrogen-bond donors (Lipinski definition) is 3. The van der Waals surface area contributed by atoms with Gasteiger partial charge in [-0.2, -0.15) is 5.10 Å². The van der Waals surface area contributed by atoms with Crippen LogP contribution in [0.1, 0.15) is 46.1 Å². The number of carbonyl (C=O) groups excluding carboxylic acids is 2. The molecule has 4 amide bonds. The van der Waals surface area contributed by atoms with Crippen LogP contribution in [0.15, 0.2) is 24.5 Å². The molecule has 176 valence electrons. The molecule has 10 heteroatoms. The molecular weight excluding hydrogens is 424 g/mol. The quantitative estimate of drug-likeness (QED) is 0.633. The molecule has 2 aromatic rings. The van der Waals surface area contributed by atoms with Gasteiger partial charge in [0.15, 0.2) is 0 Å². The summed E-state index contributed by atoms with van der Waals surface area (Å²) in [7, 11) is 1.52. The van der Waals surface area contributed by atoms with E-state index in [0.717, 1.165) is 18.4 Å². The van der Waals surface area contributed by atoms with Gasteiger partial charge in [0.25, 0.3) is 0 Å². The number of fused-ring (bicyclic) bond motifs is 1. The predicted molar refractivity (Wildman–Crippen MR) is 126 cm³/mol. The van der Waals surface area contributed by atoms with Crippen molar-refractivity contribution in [2.45, 2.75) is 52.1 Å². The molecule has 4 rings (SSSR count). The zero-order valence-corrected chi connectivity index (χ0v) is 19.3. The SMILES string of the molecule is CNC(=O)Nc1cc2c(cc1-c1cnn(C3CC3)c1)N(C(=O)O)C[C@H](C)N2C(=O)CC(C)C. The van der Waals surface area contributed by atoms with Gasteiger partial charge in [0.2, 0.25) is 5.91 Å². The number of hydrogen-bond acceptors (Lipinski definition) is 4. The summed E-state index contributed by atoms with van der Waals surface area (Å²) in [6, 6.07) is 3.04. The molecule has 1 aliphatic heterocycles. The Balaban J connectivity index is 1.87. The Morgan fingerprint density at radius 2 is 1.94 bits per heavy atom. The maximum Gasteiger partial charge on any atom is 0.411 e. The second kappa shape index (κ2) is 8.76. The summed E-state index contributed by atoms with van der Waals surface area (Å²) in [5.41, 5.74) is 2.76. The average molecular weight is 455 g/mol. The van der Waals surface area contributed by atoms with E-state index in [1.54, 1.807) is 23.2 Å². The maximum absolute atomic E-state index is 13.1. The number of amides is 4. The number of nitrogens with zero attached hydrogens (tertiary/aromatic N) is 4. The lowest BCUT2D eigenvalue weighted by molar-refractivity contribution is -0.119. The third-order valence-electron chi connectivity index (χ3n) is 5.94. The Hall–Kier alpha value is -3.56. The summed E-state index contributed by atoms with van der Waals surface area (Å²) in [6.45, 7) is 5.93. The van der Waals surface area contributed by atoms with Gasteiger partial charge in [0.05, 0.1) is 35.3 Å². The average Bonchev–Trinajstić information content (AvgIpc) is 3.48. The Kier molecular flexibility index (Phi) is 6.01. The van der Waals surface area contributed by atoms with Crippen molar-refractivity contribution in [3.63, 3.8) is 0 Å². The van der Waals surface area contributed by atoms with Gasteiger partial charge in [-0.15, -0.1) is 0 Å². The minimum atomic E-state index is -1.09. The lowest BCUT2D eigenvalue weighted by Gasteiger charge is -2.41. The molecule has 10 nitrogen and oxygen atoms in total.